The van der Waals surface area contributed by atoms with Crippen LogP contribution < -0.4 is 9.62 Å². The van der Waals surface area contributed by atoms with Gasteiger partial charge in [-0.25, -0.2) is 8.42 Å². The molecule has 0 unspecified atom stereocenters. The Balaban J connectivity index is 2.05. The van der Waals surface area contributed by atoms with Gasteiger partial charge < -0.3 is 10.2 Å². The van der Waals surface area contributed by atoms with E-state index in [0.29, 0.717) is 11.3 Å². The average molecular weight is 601 g/mol. The summed E-state index contributed by atoms with van der Waals surface area (Å²) in [6.45, 7) is 8.70. The summed E-state index contributed by atoms with van der Waals surface area (Å²) in [7, 11) is -4.09. The molecular formula is C29H34BrN3O4S. The van der Waals surface area contributed by atoms with E-state index in [-0.39, 0.29) is 23.4 Å². The van der Waals surface area contributed by atoms with Crippen molar-refractivity contribution >= 4 is 43.5 Å². The van der Waals surface area contributed by atoms with Gasteiger partial charge in [0.1, 0.15) is 12.6 Å². The standard InChI is InChI=1S/C29H34BrN3O4S/c1-20(2)31-29(35)23(5)32(18-24-10-8-11-25(30)17-24)28(34)19-33(27-12-7-6-9-22(27)4)38(36,37)26-15-13-21(3)14-16-26/h6-17,20,23H,18-19H2,1-5H3,(H,31,35)/t23-/m1/s1. The van der Waals surface area contributed by atoms with Gasteiger partial charge in [0.2, 0.25) is 11.8 Å². The maximum atomic E-state index is 13.9. The molecule has 0 bridgehead atoms. The van der Waals surface area contributed by atoms with Crippen LogP contribution in [0.5, 0.6) is 0 Å². The molecule has 0 radical (unpaired) electrons. The lowest BCUT2D eigenvalue weighted by Gasteiger charge is -2.32. The van der Waals surface area contributed by atoms with Crippen molar-refractivity contribution in [2.24, 2.45) is 0 Å². The van der Waals surface area contributed by atoms with Crippen LogP contribution in [0.4, 0.5) is 5.69 Å². The van der Waals surface area contributed by atoms with Crippen molar-refractivity contribution in [3.63, 3.8) is 0 Å². The molecule has 7 nitrogen and oxygen atoms in total. The van der Waals surface area contributed by atoms with Gasteiger partial charge in [0.25, 0.3) is 10.0 Å². The Hall–Kier alpha value is -3.17. The lowest BCUT2D eigenvalue weighted by Crippen LogP contribution is -2.52. The second kappa shape index (κ2) is 12.6. The van der Waals surface area contributed by atoms with E-state index in [1.54, 1.807) is 56.3 Å². The predicted octanol–water partition coefficient (Wildman–Crippen LogP) is 5.20. The van der Waals surface area contributed by atoms with E-state index in [9.17, 15) is 18.0 Å². The molecule has 0 spiro atoms. The van der Waals surface area contributed by atoms with Crippen LogP contribution in [0.2, 0.25) is 0 Å². The third kappa shape index (κ3) is 7.23. The fraction of sp³-hybridized carbons (Fsp3) is 0.310. The SMILES string of the molecule is Cc1ccc(S(=O)(=O)N(CC(=O)N(Cc2cccc(Br)c2)[C@H](C)C(=O)NC(C)C)c2ccccc2C)cc1. The number of nitrogens with one attached hydrogen (secondary N) is 1. The number of benzene rings is 3. The van der Waals surface area contributed by atoms with Gasteiger partial charge >= 0.3 is 0 Å². The Morgan fingerprint density at radius 2 is 1.58 bits per heavy atom. The van der Waals surface area contributed by atoms with Crippen molar-refractivity contribution in [3.05, 3.63) is 94.0 Å². The Morgan fingerprint density at radius 3 is 2.18 bits per heavy atom. The molecule has 0 aliphatic heterocycles. The number of hydrogen-bond donors (Lipinski definition) is 1. The molecule has 0 aromatic heterocycles. The highest BCUT2D eigenvalue weighted by molar-refractivity contribution is 9.10. The molecule has 3 rings (SSSR count). The molecule has 9 heteroatoms. The minimum Gasteiger partial charge on any atom is -0.352 e. The number of carbonyl (C=O) groups excluding carboxylic acids is 2. The fourth-order valence-electron chi connectivity index (χ4n) is 4.01. The number of sulfonamides is 1. The van der Waals surface area contributed by atoms with Crippen LogP contribution in [-0.4, -0.2) is 43.8 Å². The molecular weight excluding hydrogens is 566 g/mol. The van der Waals surface area contributed by atoms with E-state index in [0.717, 1.165) is 19.9 Å². The van der Waals surface area contributed by atoms with Gasteiger partial charge in [0, 0.05) is 17.1 Å². The molecule has 0 aliphatic carbocycles. The van der Waals surface area contributed by atoms with Gasteiger partial charge in [0.05, 0.1) is 10.6 Å². The molecule has 0 saturated heterocycles. The molecule has 0 saturated carbocycles. The van der Waals surface area contributed by atoms with Gasteiger partial charge in [0.15, 0.2) is 0 Å². The zero-order chi connectivity index (χ0) is 28.0. The lowest BCUT2D eigenvalue weighted by molar-refractivity contribution is -0.139. The largest absolute Gasteiger partial charge is 0.352 e. The minimum atomic E-state index is -4.09. The predicted molar refractivity (Wildman–Crippen MR) is 154 cm³/mol. The van der Waals surface area contributed by atoms with Gasteiger partial charge in [-0.15, -0.1) is 0 Å². The summed E-state index contributed by atoms with van der Waals surface area (Å²) in [6, 6.07) is 20.1. The van der Waals surface area contributed by atoms with Crippen LogP contribution in [0.3, 0.4) is 0 Å². The van der Waals surface area contributed by atoms with Crippen LogP contribution in [0.25, 0.3) is 0 Å². The lowest BCUT2D eigenvalue weighted by atomic mass is 10.1. The highest BCUT2D eigenvalue weighted by Gasteiger charge is 2.33. The quantitative estimate of drug-likeness (QED) is 0.347. The molecule has 1 atom stereocenters. The average Bonchev–Trinajstić information content (AvgIpc) is 2.85. The number of carbonyl (C=O) groups is 2. The highest BCUT2D eigenvalue weighted by atomic mass is 79.9. The van der Waals surface area contributed by atoms with E-state index in [1.165, 1.54) is 4.90 Å². The van der Waals surface area contributed by atoms with Crippen LogP contribution in [0, 0.1) is 13.8 Å². The van der Waals surface area contributed by atoms with Crippen molar-refractivity contribution < 1.29 is 18.0 Å². The number of nitrogens with zero attached hydrogens (tertiary/aromatic N) is 2. The third-order valence-electron chi connectivity index (χ3n) is 6.11. The van der Waals surface area contributed by atoms with Gasteiger partial charge in [-0.05, 0) is 76.1 Å². The van der Waals surface area contributed by atoms with Crippen LogP contribution in [0.15, 0.2) is 82.2 Å². The summed E-state index contributed by atoms with van der Waals surface area (Å²) in [6.07, 6.45) is 0. The first-order chi connectivity index (χ1) is 17.9. The Bertz CT molecular complexity index is 1390. The van der Waals surface area contributed by atoms with Crippen LogP contribution in [-0.2, 0) is 26.2 Å². The minimum absolute atomic E-state index is 0.0864. The maximum Gasteiger partial charge on any atom is 0.264 e. The summed E-state index contributed by atoms with van der Waals surface area (Å²) in [4.78, 5) is 28.4. The van der Waals surface area contributed by atoms with Crippen molar-refractivity contribution in [1.29, 1.82) is 0 Å². The zero-order valence-electron chi connectivity index (χ0n) is 22.3. The number of halogens is 1. The van der Waals surface area contributed by atoms with Crippen molar-refractivity contribution in [2.45, 2.75) is 58.1 Å². The number of hydrogen-bond acceptors (Lipinski definition) is 4. The van der Waals surface area contributed by atoms with Gasteiger partial charge in [-0.3, -0.25) is 13.9 Å². The molecule has 1 N–H and O–H groups in total. The molecule has 3 aromatic rings. The zero-order valence-corrected chi connectivity index (χ0v) is 24.7. The van der Waals surface area contributed by atoms with Gasteiger partial charge in [-0.1, -0.05) is 64.0 Å². The highest BCUT2D eigenvalue weighted by Crippen LogP contribution is 2.27. The van der Waals surface area contributed by atoms with E-state index in [4.69, 9.17) is 0 Å². The summed E-state index contributed by atoms with van der Waals surface area (Å²) in [5.41, 5.74) is 2.84. The third-order valence-corrected chi connectivity index (χ3v) is 8.38. The van der Waals surface area contributed by atoms with E-state index < -0.39 is 28.5 Å². The smallest absolute Gasteiger partial charge is 0.264 e. The monoisotopic (exact) mass is 599 g/mol. The molecule has 0 heterocycles. The first kappa shape index (κ1) is 29.4. The van der Waals surface area contributed by atoms with E-state index in [1.807, 2.05) is 51.1 Å². The first-order valence-corrected chi connectivity index (χ1v) is 14.6. The first-order valence-electron chi connectivity index (χ1n) is 12.4. The second-order valence-electron chi connectivity index (χ2n) is 9.60. The Morgan fingerprint density at radius 1 is 0.921 bits per heavy atom. The molecule has 0 aliphatic rings. The van der Waals surface area contributed by atoms with Crippen molar-refractivity contribution in [1.82, 2.24) is 10.2 Å². The van der Waals surface area contributed by atoms with Gasteiger partial charge in [-0.2, -0.15) is 0 Å². The summed E-state index contributed by atoms with van der Waals surface area (Å²) >= 11 is 3.45. The topological polar surface area (TPSA) is 86.8 Å². The maximum absolute atomic E-state index is 13.9. The number of para-hydroxylation sites is 1. The molecule has 2 amide bonds. The van der Waals surface area contributed by atoms with Crippen LogP contribution >= 0.6 is 15.9 Å². The normalized spacial score (nSPS) is 12.2. The summed E-state index contributed by atoms with van der Waals surface area (Å²) < 4.78 is 29.7. The number of rotatable bonds is 10. The van der Waals surface area contributed by atoms with E-state index >= 15 is 0 Å². The Labute approximate surface area is 234 Å². The van der Waals surface area contributed by atoms with Crippen LogP contribution in [0.1, 0.15) is 37.5 Å². The number of aryl methyl sites for hydroxylation is 2. The number of amides is 2. The summed E-state index contributed by atoms with van der Waals surface area (Å²) in [5, 5.41) is 2.86. The van der Waals surface area contributed by atoms with E-state index in [2.05, 4.69) is 21.2 Å². The fourth-order valence-corrected chi connectivity index (χ4v) is 5.94. The second-order valence-corrected chi connectivity index (χ2v) is 12.4. The molecule has 202 valence electrons. The molecule has 3 aromatic carbocycles. The number of anilines is 1. The Kier molecular flexibility index (Phi) is 9.73. The summed E-state index contributed by atoms with van der Waals surface area (Å²) in [5.74, 6) is -0.803. The van der Waals surface area contributed by atoms with Crippen molar-refractivity contribution in [2.75, 3.05) is 10.8 Å². The molecule has 0 fully saturated rings. The van der Waals surface area contributed by atoms with Crippen molar-refractivity contribution in [3.8, 4) is 0 Å². The molecule has 38 heavy (non-hydrogen) atoms.